The number of amides is 1. The van der Waals surface area contributed by atoms with Crippen LogP contribution in [-0.4, -0.2) is 21.2 Å². The SMILES string of the molecule is Cc1cc2c(n1-c1ccc(C(N)=O)c(NCc3cccnc3)c1)CC(C)(C)CC2=O. The van der Waals surface area contributed by atoms with Crippen molar-refractivity contribution in [3.63, 3.8) is 0 Å². The molecular weight excluding hydrogens is 376 g/mol. The third-order valence-electron chi connectivity index (χ3n) is 5.60. The number of hydrogen-bond acceptors (Lipinski definition) is 4. The normalized spacial score (nSPS) is 15.0. The van der Waals surface area contributed by atoms with Gasteiger partial charge in [0.05, 0.1) is 5.56 Å². The van der Waals surface area contributed by atoms with Gasteiger partial charge in [-0.25, -0.2) is 0 Å². The van der Waals surface area contributed by atoms with E-state index in [4.69, 9.17) is 5.73 Å². The van der Waals surface area contributed by atoms with Gasteiger partial charge >= 0.3 is 0 Å². The summed E-state index contributed by atoms with van der Waals surface area (Å²) in [4.78, 5) is 28.8. The zero-order valence-corrected chi connectivity index (χ0v) is 17.5. The molecule has 4 rings (SSSR count). The van der Waals surface area contributed by atoms with Crippen molar-refractivity contribution in [3.8, 4) is 5.69 Å². The van der Waals surface area contributed by atoms with Crippen LogP contribution in [0, 0.1) is 12.3 Å². The van der Waals surface area contributed by atoms with E-state index in [2.05, 4.69) is 28.7 Å². The van der Waals surface area contributed by atoms with Gasteiger partial charge < -0.3 is 15.6 Å². The highest BCUT2D eigenvalue weighted by molar-refractivity contribution is 6.00. The number of ketones is 1. The van der Waals surface area contributed by atoms with Gasteiger partial charge in [-0.2, -0.15) is 0 Å². The lowest BCUT2D eigenvalue weighted by Gasteiger charge is -2.30. The molecule has 3 aromatic rings. The Balaban J connectivity index is 1.76. The first-order valence-corrected chi connectivity index (χ1v) is 10.1. The summed E-state index contributed by atoms with van der Waals surface area (Å²) in [6.07, 6.45) is 4.88. The number of nitrogens with zero attached hydrogens (tertiary/aromatic N) is 2. The van der Waals surface area contributed by atoms with Crippen molar-refractivity contribution in [1.29, 1.82) is 0 Å². The molecule has 30 heavy (non-hydrogen) atoms. The summed E-state index contributed by atoms with van der Waals surface area (Å²) in [5, 5.41) is 3.32. The van der Waals surface area contributed by atoms with Gasteiger partial charge in [0.2, 0.25) is 0 Å². The molecule has 0 aliphatic heterocycles. The zero-order valence-electron chi connectivity index (χ0n) is 17.5. The molecule has 1 aliphatic rings. The Labute approximate surface area is 176 Å². The molecule has 0 radical (unpaired) electrons. The Morgan fingerprint density at radius 2 is 2.03 bits per heavy atom. The summed E-state index contributed by atoms with van der Waals surface area (Å²) in [6, 6.07) is 11.4. The topological polar surface area (TPSA) is 90.0 Å². The van der Waals surface area contributed by atoms with Crippen LogP contribution in [-0.2, 0) is 13.0 Å². The minimum absolute atomic E-state index is 0.0822. The average Bonchev–Trinajstić information content (AvgIpc) is 3.02. The molecule has 6 heteroatoms. The number of pyridine rings is 1. The summed E-state index contributed by atoms with van der Waals surface area (Å²) in [5.74, 6) is -0.301. The number of nitrogens with two attached hydrogens (primary N) is 1. The lowest BCUT2D eigenvalue weighted by molar-refractivity contribution is 0.0910. The zero-order chi connectivity index (χ0) is 21.5. The third kappa shape index (κ3) is 3.73. The molecule has 0 atom stereocenters. The van der Waals surface area contributed by atoms with E-state index < -0.39 is 5.91 Å². The fourth-order valence-electron chi connectivity index (χ4n) is 4.24. The number of fused-ring (bicyclic) bond motifs is 1. The Bertz CT molecular complexity index is 1130. The number of benzene rings is 1. The summed E-state index contributed by atoms with van der Waals surface area (Å²) in [5.41, 5.74) is 11.3. The quantitative estimate of drug-likeness (QED) is 0.674. The van der Waals surface area contributed by atoms with Crippen LogP contribution in [0.5, 0.6) is 0 Å². The number of primary amides is 1. The number of aryl methyl sites for hydroxylation is 1. The Kier molecular flexibility index (Phi) is 4.94. The summed E-state index contributed by atoms with van der Waals surface area (Å²) < 4.78 is 2.12. The van der Waals surface area contributed by atoms with E-state index >= 15 is 0 Å². The Hall–Kier alpha value is -3.41. The smallest absolute Gasteiger partial charge is 0.250 e. The van der Waals surface area contributed by atoms with E-state index in [0.29, 0.717) is 24.2 Å². The lowest BCUT2D eigenvalue weighted by atomic mass is 9.76. The van der Waals surface area contributed by atoms with Crippen LogP contribution >= 0.6 is 0 Å². The van der Waals surface area contributed by atoms with E-state index in [1.54, 1.807) is 18.5 Å². The van der Waals surface area contributed by atoms with Crippen LogP contribution in [0.3, 0.4) is 0 Å². The van der Waals surface area contributed by atoms with Gasteiger partial charge in [-0.05, 0) is 54.7 Å². The van der Waals surface area contributed by atoms with Crippen LogP contribution in [0.1, 0.15) is 57.9 Å². The minimum Gasteiger partial charge on any atom is -0.380 e. The maximum absolute atomic E-state index is 12.7. The van der Waals surface area contributed by atoms with Crippen LogP contribution < -0.4 is 11.1 Å². The fourth-order valence-corrected chi connectivity index (χ4v) is 4.24. The highest BCUT2D eigenvalue weighted by Crippen LogP contribution is 2.38. The van der Waals surface area contributed by atoms with Crippen LogP contribution in [0.4, 0.5) is 5.69 Å². The molecule has 0 unspecified atom stereocenters. The van der Waals surface area contributed by atoms with Gasteiger partial charge in [0.25, 0.3) is 5.91 Å². The Morgan fingerprint density at radius 1 is 1.23 bits per heavy atom. The fraction of sp³-hybridized carbons (Fsp3) is 0.292. The van der Waals surface area contributed by atoms with Crippen LogP contribution in [0.15, 0.2) is 48.8 Å². The highest BCUT2D eigenvalue weighted by Gasteiger charge is 2.34. The molecule has 0 spiro atoms. The summed E-state index contributed by atoms with van der Waals surface area (Å²) >= 11 is 0. The Morgan fingerprint density at radius 3 is 2.73 bits per heavy atom. The van der Waals surface area contributed by atoms with Crippen molar-refractivity contribution < 1.29 is 9.59 Å². The molecule has 0 saturated carbocycles. The number of rotatable bonds is 5. The summed E-state index contributed by atoms with van der Waals surface area (Å²) in [7, 11) is 0. The van der Waals surface area contributed by atoms with Crippen molar-refractivity contribution in [3.05, 3.63) is 76.9 Å². The first-order valence-electron chi connectivity index (χ1n) is 10.1. The standard InChI is InChI=1S/C24H26N4O2/c1-15-9-19-21(11-24(2,3)12-22(19)29)28(15)17-6-7-18(23(25)30)20(10-17)27-14-16-5-4-8-26-13-16/h4-10,13,27H,11-12,14H2,1-3H3,(H2,25,30). The summed E-state index contributed by atoms with van der Waals surface area (Å²) in [6.45, 7) is 6.77. The van der Waals surface area contributed by atoms with Gasteiger partial charge in [0.1, 0.15) is 0 Å². The second-order valence-corrected chi connectivity index (χ2v) is 8.73. The molecule has 3 N–H and O–H groups in total. The molecule has 0 fully saturated rings. The van der Waals surface area contributed by atoms with Crippen LogP contribution in [0.2, 0.25) is 0 Å². The molecule has 0 saturated heterocycles. The van der Waals surface area contributed by atoms with Gasteiger partial charge in [0.15, 0.2) is 5.78 Å². The molecule has 1 aliphatic carbocycles. The third-order valence-corrected chi connectivity index (χ3v) is 5.60. The van der Waals surface area contributed by atoms with Gasteiger partial charge in [-0.15, -0.1) is 0 Å². The van der Waals surface area contributed by atoms with Gasteiger partial charge in [0, 0.05) is 53.7 Å². The van der Waals surface area contributed by atoms with E-state index in [0.717, 1.165) is 34.6 Å². The number of anilines is 1. The van der Waals surface area contributed by atoms with E-state index in [1.165, 1.54) is 0 Å². The van der Waals surface area contributed by atoms with Crippen molar-refractivity contribution in [2.75, 3.05) is 5.32 Å². The van der Waals surface area contributed by atoms with Crippen LogP contribution in [0.25, 0.3) is 5.69 Å². The number of carbonyl (C=O) groups is 2. The number of hydrogen-bond donors (Lipinski definition) is 2. The maximum Gasteiger partial charge on any atom is 0.250 e. The number of aromatic nitrogens is 2. The van der Waals surface area contributed by atoms with Crippen molar-refractivity contribution in [1.82, 2.24) is 9.55 Å². The number of Topliss-reactive ketones (excluding diaryl/α,β-unsaturated/α-hetero) is 1. The first kappa shape index (κ1) is 19.9. The predicted octanol–water partition coefficient (Wildman–Crippen LogP) is 4.05. The molecule has 6 nitrogen and oxygen atoms in total. The second-order valence-electron chi connectivity index (χ2n) is 8.73. The molecule has 0 bridgehead atoms. The van der Waals surface area contributed by atoms with Crippen molar-refractivity contribution >= 4 is 17.4 Å². The molecule has 2 aromatic heterocycles. The molecule has 1 amide bonds. The van der Waals surface area contributed by atoms with Crippen molar-refractivity contribution in [2.45, 2.75) is 40.2 Å². The predicted molar refractivity (Wildman–Crippen MR) is 117 cm³/mol. The largest absolute Gasteiger partial charge is 0.380 e. The minimum atomic E-state index is -0.488. The lowest BCUT2D eigenvalue weighted by Crippen LogP contribution is -2.27. The monoisotopic (exact) mass is 402 g/mol. The highest BCUT2D eigenvalue weighted by atomic mass is 16.1. The first-order chi connectivity index (χ1) is 14.2. The molecular formula is C24H26N4O2. The van der Waals surface area contributed by atoms with E-state index in [-0.39, 0.29) is 11.2 Å². The second kappa shape index (κ2) is 7.44. The van der Waals surface area contributed by atoms with Gasteiger partial charge in [-0.3, -0.25) is 14.6 Å². The molecule has 154 valence electrons. The van der Waals surface area contributed by atoms with E-state index in [1.807, 2.05) is 37.3 Å². The average molecular weight is 402 g/mol. The van der Waals surface area contributed by atoms with Gasteiger partial charge in [-0.1, -0.05) is 19.9 Å². The number of nitrogens with one attached hydrogen (secondary N) is 1. The van der Waals surface area contributed by atoms with E-state index in [9.17, 15) is 9.59 Å². The number of carbonyl (C=O) groups excluding carboxylic acids is 2. The maximum atomic E-state index is 12.7. The molecule has 2 heterocycles. The molecule has 1 aromatic carbocycles. The van der Waals surface area contributed by atoms with Crippen molar-refractivity contribution in [2.24, 2.45) is 11.1 Å².